The zero-order valence-electron chi connectivity index (χ0n) is 40.2. The Bertz CT molecular complexity index is 2790. The standard InChI is InChI=1S/C58H62F4N2/c1-29-20-33(5)43(34(6)21-29)16-18-47-51(49-37(9)24-31(3)25-38(49)10)41(13)57(63-47)54(53-55(61)45(59)28-46(60)56(53)62)58-42(14)52(50-39(11)26-32(4)27-40(50)12)48(64(58)15)19-17-44-35(7)22-30(2)23-36(44)8/h16-28,35,44,48,52H,1-15H3/b18-16+,19-17+,57-54-. The lowest BCUT2D eigenvalue weighted by atomic mass is 9.79. The van der Waals surface area contributed by atoms with Gasteiger partial charge in [0.05, 0.1) is 23.0 Å². The van der Waals surface area contributed by atoms with Gasteiger partial charge in [-0.15, -0.1) is 0 Å². The Morgan fingerprint density at radius 1 is 0.641 bits per heavy atom. The minimum absolute atomic E-state index is 0.0147. The molecule has 1 aliphatic carbocycles. The second-order valence-electron chi connectivity index (χ2n) is 19.0. The van der Waals surface area contributed by atoms with Crippen molar-refractivity contribution in [3.8, 4) is 0 Å². The molecule has 2 nitrogen and oxygen atoms in total. The van der Waals surface area contributed by atoms with Crippen LogP contribution in [0.3, 0.4) is 0 Å². The van der Waals surface area contributed by atoms with Gasteiger partial charge in [0, 0.05) is 41.8 Å². The maximum Gasteiger partial charge on any atom is 0.169 e. The molecule has 2 heterocycles. The normalized spacial score (nSPS) is 21.2. The van der Waals surface area contributed by atoms with Gasteiger partial charge in [-0.2, -0.15) is 0 Å². The molecule has 0 amide bonds. The van der Waals surface area contributed by atoms with Gasteiger partial charge >= 0.3 is 0 Å². The van der Waals surface area contributed by atoms with E-state index in [9.17, 15) is 0 Å². The molecular weight excluding hydrogens is 801 g/mol. The summed E-state index contributed by atoms with van der Waals surface area (Å²) >= 11 is 0. The van der Waals surface area contributed by atoms with Gasteiger partial charge in [0.1, 0.15) is 0 Å². The molecule has 0 aromatic heterocycles. The molecule has 2 aliphatic heterocycles. The molecule has 6 heteroatoms. The Balaban J connectivity index is 1.59. The van der Waals surface area contributed by atoms with E-state index in [2.05, 4.69) is 144 Å². The first-order chi connectivity index (χ1) is 30.1. The van der Waals surface area contributed by atoms with Crippen LogP contribution in [-0.2, 0) is 0 Å². The van der Waals surface area contributed by atoms with Crippen LogP contribution in [0.1, 0.15) is 113 Å². The topological polar surface area (TPSA) is 15.6 Å². The molecule has 4 atom stereocenters. The highest BCUT2D eigenvalue weighted by molar-refractivity contribution is 6.34. The number of nitrogens with zero attached hydrogens (tertiary/aromatic N) is 2. The van der Waals surface area contributed by atoms with E-state index in [4.69, 9.17) is 4.99 Å². The summed E-state index contributed by atoms with van der Waals surface area (Å²) in [5.74, 6) is -5.76. The molecule has 0 N–H and O–H groups in total. The van der Waals surface area contributed by atoms with Gasteiger partial charge in [0.2, 0.25) is 0 Å². The van der Waals surface area contributed by atoms with Crippen LogP contribution in [0.15, 0.2) is 112 Å². The highest BCUT2D eigenvalue weighted by atomic mass is 19.2. The molecule has 7 rings (SSSR count). The van der Waals surface area contributed by atoms with Crippen molar-refractivity contribution in [2.45, 2.75) is 109 Å². The molecule has 0 saturated carbocycles. The predicted octanol–water partition coefficient (Wildman–Crippen LogP) is 15.5. The van der Waals surface area contributed by atoms with Crippen LogP contribution in [0.4, 0.5) is 17.6 Å². The molecule has 0 radical (unpaired) electrons. The zero-order valence-corrected chi connectivity index (χ0v) is 40.2. The molecule has 64 heavy (non-hydrogen) atoms. The van der Waals surface area contributed by atoms with E-state index in [1.807, 2.05) is 37.9 Å². The molecule has 0 saturated heterocycles. The van der Waals surface area contributed by atoms with Crippen molar-refractivity contribution < 1.29 is 17.6 Å². The maximum atomic E-state index is 16.8. The first-order valence-electron chi connectivity index (χ1n) is 22.4. The van der Waals surface area contributed by atoms with E-state index in [1.165, 1.54) is 11.1 Å². The fourth-order valence-corrected chi connectivity index (χ4v) is 11.3. The molecule has 0 bridgehead atoms. The third kappa shape index (κ3) is 8.25. The van der Waals surface area contributed by atoms with Crippen LogP contribution in [0.2, 0.25) is 0 Å². The van der Waals surface area contributed by atoms with Crippen LogP contribution < -0.4 is 0 Å². The lowest BCUT2D eigenvalue weighted by Gasteiger charge is -2.31. The van der Waals surface area contributed by atoms with E-state index in [-0.39, 0.29) is 41.1 Å². The largest absolute Gasteiger partial charge is 0.367 e. The summed E-state index contributed by atoms with van der Waals surface area (Å²) in [7, 11) is 1.92. The summed E-state index contributed by atoms with van der Waals surface area (Å²) in [4.78, 5) is 7.38. The van der Waals surface area contributed by atoms with Crippen LogP contribution in [-0.4, -0.2) is 23.7 Å². The number of benzene rings is 4. The highest BCUT2D eigenvalue weighted by Gasteiger charge is 2.43. The second kappa shape index (κ2) is 17.7. The summed E-state index contributed by atoms with van der Waals surface area (Å²) in [5, 5.41) is 0. The van der Waals surface area contributed by atoms with Gasteiger partial charge in [-0.25, -0.2) is 22.6 Å². The van der Waals surface area contributed by atoms with Crippen LogP contribution in [0.25, 0.3) is 17.2 Å². The number of hydrogen-bond donors (Lipinski definition) is 0. The predicted molar refractivity (Wildman–Crippen MR) is 261 cm³/mol. The lowest BCUT2D eigenvalue weighted by molar-refractivity contribution is 0.373. The molecule has 4 aromatic carbocycles. The van der Waals surface area contributed by atoms with E-state index in [0.717, 1.165) is 77.9 Å². The van der Waals surface area contributed by atoms with E-state index in [1.54, 1.807) is 0 Å². The lowest BCUT2D eigenvalue weighted by Crippen LogP contribution is -2.30. The molecule has 0 spiro atoms. The van der Waals surface area contributed by atoms with Crippen molar-refractivity contribution in [1.29, 1.82) is 0 Å². The highest BCUT2D eigenvalue weighted by Crippen LogP contribution is 2.52. The summed E-state index contributed by atoms with van der Waals surface area (Å²) in [5.41, 5.74) is 18.2. The molecule has 332 valence electrons. The average molecular weight is 863 g/mol. The third-order valence-electron chi connectivity index (χ3n) is 13.7. The molecular formula is C58H62F4N2. The van der Waals surface area contributed by atoms with Crippen molar-refractivity contribution >= 4 is 22.9 Å². The number of halogens is 4. The Kier molecular flexibility index (Phi) is 12.8. The van der Waals surface area contributed by atoms with E-state index < -0.39 is 28.8 Å². The number of rotatable bonds is 8. The van der Waals surface area contributed by atoms with Gasteiger partial charge in [-0.1, -0.05) is 102 Å². The van der Waals surface area contributed by atoms with Crippen molar-refractivity contribution in [2.24, 2.45) is 16.8 Å². The van der Waals surface area contributed by atoms with Gasteiger partial charge in [-0.05, 0) is 163 Å². The fraction of sp³-hybridized carbons (Fsp3) is 0.328. The Hall–Kier alpha value is -5.75. The van der Waals surface area contributed by atoms with Gasteiger partial charge in [0.25, 0.3) is 0 Å². The molecule has 4 unspecified atom stereocenters. The van der Waals surface area contributed by atoms with Crippen LogP contribution in [0.5, 0.6) is 0 Å². The SMILES string of the molecule is CC1=CC(C)C(/C=C/C2C(c3c(C)cc(C)cc3C)C(C)=C(/C(=C3N=C(/C=C/c4c(C)cc(C)cc4C)C(c4c(C)cc(C)cc4C)=C\3C)c3c(F)c(F)cc(F)c3F)N2C)C(C)=C1. The van der Waals surface area contributed by atoms with E-state index in [0.29, 0.717) is 17.0 Å². The Morgan fingerprint density at radius 2 is 1.16 bits per heavy atom. The fourth-order valence-electron chi connectivity index (χ4n) is 11.3. The van der Waals surface area contributed by atoms with Crippen molar-refractivity contribution in [1.82, 2.24) is 4.90 Å². The van der Waals surface area contributed by atoms with Crippen LogP contribution >= 0.6 is 0 Å². The maximum absolute atomic E-state index is 16.8. The first kappa shape index (κ1) is 46.2. The quantitative estimate of drug-likeness (QED) is 0.0979. The first-order valence-corrected chi connectivity index (χ1v) is 22.4. The zero-order chi connectivity index (χ0) is 46.8. The minimum Gasteiger partial charge on any atom is -0.367 e. The van der Waals surface area contributed by atoms with E-state index >= 15 is 17.6 Å². The van der Waals surface area contributed by atoms with Crippen molar-refractivity contribution in [3.05, 3.63) is 202 Å². The monoisotopic (exact) mass is 862 g/mol. The Morgan fingerprint density at radius 3 is 1.69 bits per heavy atom. The number of allylic oxidation sites excluding steroid dienone is 9. The van der Waals surface area contributed by atoms with Crippen molar-refractivity contribution in [3.63, 3.8) is 0 Å². The summed E-state index contributed by atoms with van der Waals surface area (Å²) in [6, 6.07) is 12.8. The smallest absolute Gasteiger partial charge is 0.169 e. The van der Waals surface area contributed by atoms with Gasteiger partial charge in [0.15, 0.2) is 23.3 Å². The van der Waals surface area contributed by atoms with Crippen LogP contribution in [0, 0.1) is 97.4 Å². The number of aryl methyl sites for hydroxylation is 9. The molecule has 0 fully saturated rings. The summed E-state index contributed by atoms with van der Waals surface area (Å²) in [6.45, 7) is 29.1. The second-order valence-corrected chi connectivity index (χ2v) is 19.0. The average Bonchev–Trinajstić information content (AvgIpc) is 3.61. The number of hydrogen-bond acceptors (Lipinski definition) is 2. The third-order valence-corrected chi connectivity index (χ3v) is 13.7. The number of aliphatic imine (C=N–C) groups is 1. The van der Waals surface area contributed by atoms with Gasteiger partial charge < -0.3 is 4.90 Å². The van der Waals surface area contributed by atoms with Crippen molar-refractivity contribution in [2.75, 3.05) is 7.05 Å². The summed E-state index contributed by atoms with van der Waals surface area (Å²) < 4.78 is 65.0. The molecule has 3 aliphatic rings. The Labute approximate surface area is 378 Å². The minimum atomic E-state index is -1.47. The molecule has 4 aromatic rings. The summed E-state index contributed by atoms with van der Waals surface area (Å²) in [6.07, 6.45) is 13.0. The van der Waals surface area contributed by atoms with Gasteiger partial charge in [-0.3, -0.25) is 0 Å². The number of likely N-dealkylation sites (N-methyl/N-ethyl adjacent to an activating group) is 1.